The van der Waals surface area contributed by atoms with Crippen molar-refractivity contribution in [3.8, 4) is 5.75 Å². The zero-order valence-electron chi connectivity index (χ0n) is 21.1. The van der Waals surface area contributed by atoms with E-state index in [0.717, 1.165) is 49.8 Å². The van der Waals surface area contributed by atoms with Crippen molar-refractivity contribution in [2.45, 2.75) is 43.2 Å². The maximum Gasteiger partial charge on any atom is 0.309 e. The molecule has 1 aliphatic heterocycles. The van der Waals surface area contributed by atoms with E-state index < -0.39 is 17.8 Å². The van der Waals surface area contributed by atoms with Crippen LogP contribution in [0.1, 0.15) is 43.0 Å². The largest absolute Gasteiger partial charge is 0.497 e. The van der Waals surface area contributed by atoms with Gasteiger partial charge in [-0.15, -0.1) is 11.8 Å². The number of piperidine rings is 1. The number of hydrogen-bond donors (Lipinski definition) is 1. The molecule has 1 saturated heterocycles. The molecule has 0 amide bonds. The van der Waals surface area contributed by atoms with Gasteiger partial charge >= 0.3 is 5.97 Å². The summed E-state index contributed by atoms with van der Waals surface area (Å²) in [5.74, 6) is -0.404. The molecule has 1 unspecified atom stereocenters. The smallest absolute Gasteiger partial charge is 0.309 e. The Morgan fingerprint density at radius 2 is 2.00 bits per heavy atom. The predicted molar refractivity (Wildman–Crippen MR) is 144 cm³/mol. The summed E-state index contributed by atoms with van der Waals surface area (Å²) in [4.78, 5) is 16.5. The van der Waals surface area contributed by atoms with Crippen LogP contribution >= 0.6 is 23.4 Å². The number of nitrogens with zero attached hydrogens (tertiary/aromatic N) is 1. The summed E-state index contributed by atoms with van der Waals surface area (Å²) >= 11 is 7.43. The third-order valence-corrected chi connectivity index (χ3v) is 8.03. The molecule has 0 saturated carbocycles. The Labute approximate surface area is 229 Å². The van der Waals surface area contributed by atoms with E-state index >= 15 is 4.39 Å². The standard InChI is InChI=1S/C28H30ClF3N2O3S/c1-36-19-4-6-25-20(14-19)27(21(29)16-34-25)22(30)5-3-18-13-24(32)26(15-23(18)31)38-12-2-11-37-28(35)17-7-9-33-10-8-17/h4,6,13-17,22,33H,2-3,5,7-12H2,1H3. The number of rotatable bonds is 11. The molecule has 1 aromatic heterocycles. The van der Waals surface area contributed by atoms with Crippen LogP contribution in [0.4, 0.5) is 13.2 Å². The summed E-state index contributed by atoms with van der Waals surface area (Å²) in [5.41, 5.74) is 0.912. The number of hydrogen-bond acceptors (Lipinski definition) is 6. The number of fused-ring (bicyclic) bond motifs is 1. The van der Waals surface area contributed by atoms with Crippen LogP contribution < -0.4 is 10.1 Å². The van der Waals surface area contributed by atoms with Gasteiger partial charge in [-0.1, -0.05) is 11.6 Å². The van der Waals surface area contributed by atoms with Gasteiger partial charge in [-0.25, -0.2) is 13.2 Å². The third-order valence-electron chi connectivity index (χ3n) is 6.61. The van der Waals surface area contributed by atoms with E-state index in [0.29, 0.717) is 28.8 Å². The fraction of sp³-hybridized carbons (Fsp3) is 0.429. The number of aromatic nitrogens is 1. The van der Waals surface area contributed by atoms with Crippen molar-refractivity contribution < 1.29 is 27.4 Å². The number of benzene rings is 2. The van der Waals surface area contributed by atoms with Crippen LogP contribution in [0.2, 0.25) is 5.02 Å². The van der Waals surface area contributed by atoms with Gasteiger partial charge in [0.2, 0.25) is 0 Å². The molecule has 1 atom stereocenters. The fourth-order valence-corrected chi connectivity index (χ4v) is 5.64. The highest BCUT2D eigenvalue weighted by Gasteiger charge is 2.22. The van der Waals surface area contributed by atoms with E-state index in [-0.39, 0.29) is 52.4 Å². The molecule has 0 bridgehead atoms. The van der Waals surface area contributed by atoms with Crippen molar-refractivity contribution in [2.24, 2.45) is 5.92 Å². The van der Waals surface area contributed by atoms with Crippen LogP contribution in [0.25, 0.3) is 10.9 Å². The lowest BCUT2D eigenvalue weighted by Gasteiger charge is -2.20. The summed E-state index contributed by atoms with van der Waals surface area (Å²) in [6.45, 7) is 1.87. The van der Waals surface area contributed by atoms with Crippen LogP contribution in [0.5, 0.6) is 5.75 Å². The van der Waals surface area contributed by atoms with Gasteiger partial charge in [0.15, 0.2) is 0 Å². The number of methoxy groups -OCH3 is 1. The topological polar surface area (TPSA) is 60.5 Å². The lowest BCUT2D eigenvalue weighted by atomic mass is 9.99. The van der Waals surface area contributed by atoms with Gasteiger partial charge in [0.05, 0.1) is 30.2 Å². The minimum atomic E-state index is -1.51. The lowest BCUT2D eigenvalue weighted by molar-refractivity contribution is -0.149. The first-order chi connectivity index (χ1) is 18.4. The quantitative estimate of drug-likeness (QED) is 0.156. The molecule has 5 nitrogen and oxygen atoms in total. The molecule has 2 heterocycles. The van der Waals surface area contributed by atoms with E-state index in [2.05, 4.69) is 10.3 Å². The van der Waals surface area contributed by atoms with E-state index in [1.54, 1.807) is 18.2 Å². The Hall–Kier alpha value is -2.49. The molecule has 2 aromatic carbocycles. The van der Waals surface area contributed by atoms with Crippen molar-refractivity contribution in [1.82, 2.24) is 10.3 Å². The zero-order chi connectivity index (χ0) is 27.1. The molecule has 0 spiro atoms. The Balaban J connectivity index is 1.31. The molecule has 0 radical (unpaired) electrons. The number of thioether (sulfide) groups is 1. The number of ether oxygens (including phenoxy) is 2. The molecule has 1 N–H and O–H groups in total. The number of halogens is 4. The second kappa shape index (κ2) is 13.5. The zero-order valence-corrected chi connectivity index (χ0v) is 22.6. The van der Waals surface area contributed by atoms with Crippen LogP contribution in [-0.2, 0) is 16.0 Å². The van der Waals surface area contributed by atoms with Crippen LogP contribution in [0.3, 0.4) is 0 Å². The minimum Gasteiger partial charge on any atom is -0.497 e. The third kappa shape index (κ3) is 7.12. The van der Waals surface area contributed by atoms with Gasteiger partial charge in [-0.3, -0.25) is 9.78 Å². The van der Waals surface area contributed by atoms with Crippen molar-refractivity contribution in [3.63, 3.8) is 0 Å². The van der Waals surface area contributed by atoms with E-state index in [1.165, 1.54) is 13.3 Å². The molecular formula is C28H30ClF3N2O3S. The molecule has 1 aliphatic rings. The number of nitrogens with one attached hydrogen (secondary N) is 1. The number of esters is 1. The summed E-state index contributed by atoms with van der Waals surface area (Å²) in [6, 6.07) is 7.36. The normalized spacial score (nSPS) is 15.0. The van der Waals surface area contributed by atoms with Crippen molar-refractivity contribution in [1.29, 1.82) is 0 Å². The van der Waals surface area contributed by atoms with Gasteiger partial charge in [0.25, 0.3) is 0 Å². The molecule has 38 heavy (non-hydrogen) atoms. The summed E-state index contributed by atoms with van der Waals surface area (Å²) in [6.07, 6.45) is 1.86. The minimum absolute atomic E-state index is 0.00832. The van der Waals surface area contributed by atoms with Gasteiger partial charge in [0, 0.05) is 27.8 Å². The molecular weight excluding hydrogens is 537 g/mol. The average molecular weight is 567 g/mol. The van der Waals surface area contributed by atoms with Crippen LogP contribution in [-0.4, -0.2) is 43.5 Å². The molecule has 4 rings (SSSR count). The number of carbonyl (C=O) groups is 1. The first-order valence-electron chi connectivity index (χ1n) is 12.6. The second-order valence-electron chi connectivity index (χ2n) is 9.18. The van der Waals surface area contributed by atoms with E-state index in [9.17, 15) is 13.6 Å². The lowest BCUT2D eigenvalue weighted by Crippen LogP contribution is -2.32. The highest BCUT2D eigenvalue weighted by Crippen LogP contribution is 2.36. The summed E-state index contributed by atoms with van der Waals surface area (Å²) in [7, 11) is 1.51. The first kappa shape index (κ1) is 28.5. The SMILES string of the molecule is COc1ccc2ncc(Cl)c(C(F)CCc3cc(F)c(SCCCOC(=O)C4CCNCC4)cc3F)c2c1. The van der Waals surface area contributed by atoms with E-state index in [1.807, 2.05) is 0 Å². The van der Waals surface area contributed by atoms with Crippen LogP contribution in [0.15, 0.2) is 41.4 Å². The van der Waals surface area contributed by atoms with Gasteiger partial charge < -0.3 is 14.8 Å². The maximum atomic E-state index is 15.4. The molecule has 204 valence electrons. The molecule has 3 aromatic rings. The number of pyridine rings is 1. The van der Waals surface area contributed by atoms with Crippen LogP contribution in [0, 0.1) is 17.6 Å². The first-order valence-corrected chi connectivity index (χ1v) is 14.0. The maximum absolute atomic E-state index is 15.4. The van der Waals surface area contributed by atoms with Gasteiger partial charge in [0.1, 0.15) is 23.6 Å². The summed E-state index contributed by atoms with van der Waals surface area (Å²) < 4.78 is 55.4. The second-order valence-corrected chi connectivity index (χ2v) is 10.7. The van der Waals surface area contributed by atoms with Crippen molar-refractivity contribution in [3.05, 3.63) is 64.3 Å². The Kier molecular flexibility index (Phi) is 10.2. The van der Waals surface area contributed by atoms with Gasteiger partial charge in [-0.2, -0.15) is 0 Å². The monoisotopic (exact) mass is 566 g/mol. The van der Waals surface area contributed by atoms with E-state index in [4.69, 9.17) is 21.1 Å². The average Bonchev–Trinajstić information content (AvgIpc) is 2.93. The van der Waals surface area contributed by atoms with Crippen molar-refractivity contribution in [2.75, 3.05) is 32.6 Å². The predicted octanol–water partition coefficient (Wildman–Crippen LogP) is 6.84. The number of carbonyl (C=O) groups excluding carboxylic acids is 1. The molecule has 1 fully saturated rings. The van der Waals surface area contributed by atoms with Gasteiger partial charge in [-0.05, 0) is 81.1 Å². The fourth-order valence-electron chi connectivity index (χ4n) is 4.50. The Bertz CT molecular complexity index is 1270. The molecule has 0 aliphatic carbocycles. The van der Waals surface area contributed by atoms with Crippen molar-refractivity contribution >= 4 is 40.2 Å². The Morgan fingerprint density at radius 3 is 2.76 bits per heavy atom. The molecule has 10 heteroatoms. The Morgan fingerprint density at radius 1 is 1.21 bits per heavy atom. The number of aryl methyl sites for hydroxylation is 1. The highest BCUT2D eigenvalue weighted by molar-refractivity contribution is 7.99. The number of alkyl halides is 1. The highest BCUT2D eigenvalue weighted by atomic mass is 35.5. The summed E-state index contributed by atoms with van der Waals surface area (Å²) in [5, 5.41) is 3.89.